The van der Waals surface area contributed by atoms with Crippen molar-refractivity contribution in [1.29, 1.82) is 0 Å². The number of sulfonamides is 1. The molecule has 2 rings (SSSR count). The minimum absolute atomic E-state index is 0.0893. The van der Waals surface area contributed by atoms with Crippen molar-refractivity contribution in [2.24, 2.45) is 0 Å². The molecule has 1 aromatic carbocycles. The van der Waals surface area contributed by atoms with E-state index >= 15 is 0 Å². The van der Waals surface area contributed by atoms with Crippen LogP contribution in [0.3, 0.4) is 0 Å². The Kier molecular flexibility index (Phi) is 4.76. The Morgan fingerprint density at radius 1 is 1.19 bits per heavy atom. The highest BCUT2D eigenvalue weighted by Gasteiger charge is 2.19. The molecule has 0 spiro atoms. The number of aromatic amines is 1. The van der Waals surface area contributed by atoms with E-state index in [1.54, 1.807) is 37.5 Å². The maximum absolute atomic E-state index is 12.4. The quantitative estimate of drug-likeness (QED) is 0.758. The van der Waals surface area contributed by atoms with E-state index in [2.05, 4.69) is 20.2 Å². The van der Waals surface area contributed by atoms with Gasteiger partial charge in [0, 0.05) is 23.8 Å². The molecular weight excluding hydrogens is 288 g/mol. The van der Waals surface area contributed by atoms with Crippen molar-refractivity contribution in [3.63, 3.8) is 0 Å². The van der Waals surface area contributed by atoms with Crippen molar-refractivity contribution >= 4 is 10.0 Å². The number of nitrogens with zero attached hydrogens (tertiary/aromatic N) is 1. The van der Waals surface area contributed by atoms with Gasteiger partial charge in [0.1, 0.15) is 0 Å². The molecule has 0 saturated heterocycles. The number of aromatic nitrogens is 2. The van der Waals surface area contributed by atoms with Gasteiger partial charge in [-0.15, -0.1) is 0 Å². The van der Waals surface area contributed by atoms with Crippen molar-refractivity contribution in [3.8, 4) is 0 Å². The highest BCUT2D eigenvalue weighted by Crippen LogP contribution is 2.19. The normalized spacial score (nSPS) is 14.8. The Bertz CT molecular complexity index is 683. The van der Waals surface area contributed by atoms with Crippen LogP contribution in [0.1, 0.15) is 37.1 Å². The number of benzene rings is 1. The van der Waals surface area contributed by atoms with E-state index in [4.69, 9.17) is 0 Å². The van der Waals surface area contributed by atoms with E-state index in [9.17, 15) is 8.42 Å². The second kappa shape index (κ2) is 6.38. The van der Waals surface area contributed by atoms with Gasteiger partial charge in [-0.25, -0.2) is 13.1 Å². The van der Waals surface area contributed by atoms with Crippen LogP contribution >= 0.6 is 0 Å². The van der Waals surface area contributed by atoms with Crippen LogP contribution in [0, 0.1) is 0 Å². The lowest BCUT2D eigenvalue weighted by Gasteiger charge is -2.15. The molecule has 1 aromatic heterocycles. The zero-order chi connectivity index (χ0) is 15.5. The average molecular weight is 308 g/mol. The minimum atomic E-state index is -3.57. The fourth-order valence-corrected chi connectivity index (χ4v) is 3.27. The summed E-state index contributed by atoms with van der Waals surface area (Å²) in [5.41, 5.74) is 1.72. The van der Waals surface area contributed by atoms with Gasteiger partial charge in [0.2, 0.25) is 10.0 Å². The van der Waals surface area contributed by atoms with Crippen LogP contribution in [0.4, 0.5) is 0 Å². The largest absolute Gasteiger partial charge is 0.313 e. The number of hydrogen-bond acceptors (Lipinski definition) is 4. The molecule has 2 aromatic rings. The lowest BCUT2D eigenvalue weighted by molar-refractivity contribution is 0.566. The van der Waals surface area contributed by atoms with Gasteiger partial charge in [0.25, 0.3) is 0 Å². The van der Waals surface area contributed by atoms with E-state index < -0.39 is 10.0 Å². The second-order valence-corrected chi connectivity index (χ2v) is 6.67. The standard InChI is InChI=1S/C14H20N4O2S/c1-10(15-3)12-5-4-6-14(7-12)21(19,20)18-11(2)13-8-16-17-9-13/h4-11,15,18H,1-3H3,(H,16,17). The Labute approximate surface area is 125 Å². The van der Waals surface area contributed by atoms with Gasteiger partial charge < -0.3 is 5.32 Å². The smallest absolute Gasteiger partial charge is 0.241 e. The SMILES string of the molecule is CNC(C)c1cccc(S(=O)(=O)NC(C)c2cn[nH]c2)c1. The van der Waals surface area contributed by atoms with Crippen molar-refractivity contribution < 1.29 is 8.42 Å². The van der Waals surface area contributed by atoms with Crippen molar-refractivity contribution in [3.05, 3.63) is 47.8 Å². The van der Waals surface area contributed by atoms with Crippen LogP contribution in [0.2, 0.25) is 0 Å². The van der Waals surface area contributed by atoms with Crippen LogP contribution < -0.4 is 10.0 Å². The fourth-order valence-electron chi connectivity index (χ4n) is 1.98. The first kappa shape index (κ1) is 15.7. The monoisotopic (exact) mass is 308 g/mol. The molecule has 0 aliphatic heterocycles. The summed E-state index contributed by atoms with van der Waals surface area (Å²) < 4.78 is 27.5. The molecule has 114 valence electrons. The van der Waals surface area contributed by atoms with E-state index in [0.717, 1.165) is 11.1 Å². The first-order chi connectivity index (χ1) is 9.94. The predicted octanol–water partition coefficient (Wildman–Crippen LogP) is 1.73. The Morgan fingerprint density at radius 3 is 2.57 bits per heavy atom. The number of nitrogens with one attached hydrogen (secondary N) is 3. The van der Waals surface area contributed by atoms with Crippen LogP contribution in [0.15, 0.2) is 41.6 Å². The van der Waals surface area contributed by atoms with Crippen molar-refractivity contribution in [2.45, 2.75) is 30.8 Å². The Morgan fingerprint density at radius 2 is 1.95 bits per heavy atom. The maximum Gasteiger partial charge on any atom is 0.241 e. The molecule has 6 nitrogen and oxygen atoms in total. The van der Waals surface area contributed by atoms with Gasteiger partial charge in [0.15, 0.2) is 0 Å². The van der Waals surface area contributed by atoms with Gasteiger partial charge in [-0.3, -0.25) is 5.10 Å². The third-order valence-corrected chi connectivity index (χ3v) is 4.99. The van der Waals surface area contributed by atoms with Gasteiger partial charge in [-0.05, 0) is 38.6 Å². The van der Waals surface area contributed by atoms with Gasteiger partial charge in [0.05, 0.1) is 11.1 Å². The molecule has 0 fully saturated rings. The van der Waals surface area contributed by atoms with E-state index in [1.807, 2.05) is 20.0 Å². The molecule has 3 N–H and O–H groups in total. The second-order valence-electron chi connectivity index (χ2n) is 4.96. The summed E-state index contributed by atoms with van der Waals surface area (Å²) in [7, 11) is -1.73. The third-order valence-electron chi connectivity index (χ3n) is 3.45. The maximum atomic E-state index is 12.4. The van der Waals surface area contributed by atoms with E-state index in [1.165, 1.54) is 0 Å². The van der Waals surface area contributed by atoms with E-state index in [-0.39, 0.29) is 17.0 Å². The number of hydrogen-bond donors (Lipinski definition) is 3. The molecule has 0 bridgehead atoms. The van der Waals surface area contributed by atoms with Crippen LogP contribution in [0.25, 0.3) is 0 Å². The van der Waals surface area contributed by atoms with Gasteiger partial charge in [-0.2, -0.15) is 5.10 Å². The Hall–Kier alpha value is -1.70. The first-order valence-corrected chi connectivity index (χ1v) is 8.20. The minimum Gasteiger partial charge on any atom is -0.313 e. The van der Waals surface area contributed by atoms with Gasteiger partial charge >= 0.3 is 0 Å². The molecule has 21 heavy (non-hydrogen) atoms. The lowest BCUT2D eigenvalue weighted by Crippen LogP contribution is -2.27. The summed E-state index contributed by atoms with van der Waals surface area (Å²) in [6.45, 7) is 3.76. The van der Waals surface area contributed by atoms with Crippen LogP contribution in [0.5, 0.6) is 0 Å². The number of rotatable bonds is 6. The summed E-state index contributed by atoms with van der Waals surface area (Å²) in [5.74, 6) is 0. The molecular formula is C14H20N4O2S. The molecule has 2 atom stereocenters. The number of H-pyrrole nitrogens is 1. The summed E-state index contributed by atoms with van der Waals surface area (Å²) in [4.78, 5) is 0.262. The molecule has 0 radical (unpaired) electrons. The third kappa shape index (κ3) is 3.69. The highest BCUT2D eigenvalue weighted by atomic mass is 32.2. The topological polar surface area (TPSA) is 86.9 Å². The average Bonchev–Trinajstić information content (AvgIpc) is 3.00. The molecule has 0 aliphatic carbocycles. The highest BCUT2D eigenvalue weighted by molar-refractivity contribution is 7.89. The molecule has 7 heteroatoms. The first-order valence-electron chi connectivity index (χ1n) is 6.72. The van der Waals surface area contributed by atoms with Crippen LogP contribution in [-0.2, 0) is 10.0 Å². The van der Waals surface area contributed by atoms with Gasteiger partial charge in [-0.1, -0.05) is 12.1 Å². The summed E-state index contributed by atoms with van der Waals surface area (Å²) >= 11 is 0. The van der Waals surface area contributed by atoms with Crippen molar-refractivity contribution in [2.75, 3.05) is 7.05 Å². The molecule has 1 heterocycles. The molecule has 0 aliphatic rings. The fraction of sp³-hybridized carbons (Fsp3) is 0.357. The summed E-state index contributed by atoms with van der Waals surface area (Å²) in [6, 6.07) is 6.67. The summed E-state index contributed by atoms with van der Waals surface area (Å²) in [6.07, 6.45) is 3.28. The molecule has 0 amide bonds. The van der Waals surface area contributed by atoms with Crippen LogP contribution in [-0.4, -0.2) is 25.7 Å². The Balaban J connectivity index is 2.23. The molecule has 2 unspecified atom stereocenters. The zero-order valence-corrected chi connectivity index (χ0v) is 13.1. The summed E-state index contributed by atoms with van der Waals surface area (Å²) in [5, 5.41) is 9.60. The van der Waals surface area contributed by atoms with E-state index in [0.29, 0.717) is 0 Å². The zero-order valence-electron chi connectivity index (χ0n) is 12.3. The lowest BCUT2D eigenvalue weighted by atomic mass is 10.1. The molecule has 0 saturated carbocycles. The van der Waals surface area contributed by atoms with Crippen molar-refractivity contribution in [1.82, 2.24) is 20.2 Å². The predicted molar refractivity (Wildman–Crippen MR) is 81.2 cm³/mol.